The molecule has 2 aliphatic heterocycles. The lowest BCUT2D eigenvalue weighted by atomic mass is 9.79. The Morgan fingerprint density at radius 2 is 1.03 bits per heavy atom. The molecule has 2 aliphatic rings. The summed E-state index contributed by atoms with van der Waals surface area (Å²) in [5.41, 5.74) is -0.146. The van der Waals surface area contributed by atoms with Crippen LogP contribution in [-0.2, 0) is 0 Å². The first-order valence-corrected chi connectivity index (χ1v) is 12.7. The van der Waals surface area contributed by atoms with E-state index in [-0.39, 0.29) is 47.5 Å². The Balaban J connectivity index is 1.93. The maximum atomic E-state index is 9.89. The fourth-order valence-corrected chi connectivity index (χ4v) is 6.64. The largest absolute Gasteiger partial charge is 0.395 e. The molecule has 0 saturated carbocycles. The summed E-state index contributed by atoms with van der Waals surface area (Å²) >= 11 is 0. The van der Waals surface area contributed by atoms with Gasteiger partial charge in [0.2, 0.25) is 11.9 Å². The average molecular weight is 478 g/mol. The van der Waals surface area contributed by atoms with Gasteiger partial charge in [-0.05, 0) is 81.1 Å². The normalized spacial score (nSPS) is 24.1. The molecule has 3 heterocycles. The van der Waals surface area contributed by atoms with Gasteiger partial charge in [-0.15, -0.1) is 0 Å². The molecule has 0 unspecified atom stereocenters. The van der Waals surface area contributed by atoms with Crippen LogP contribution in [-0.4, -0.2) is 85.7 Å². The van der Waals surface area contributed by atoms with Crippen molar-refractivity contribution in [1.29, 1.82) is 0 Å². The number of piperidine rings is 2. The molecule has 0 radical (unpaired) electrons. The predicted molar refractivity (Wildman–Crippen MR) is 137 cm³/mol. The third kappa shape index (κ3) is 6.77. The van der Waals surface area contributed by atoms with Gasteiger partial charge in [0, 0.05) is 47.3 Å². The highest BCUT2D eigenvalue weighted by atomic mass is 16.3. The maximum Gasteiger partial charge on any atom is 0.230 e. The van der Waals surface area contributed by atoms with Gasteiger partial charge in [0.25, 0.3) is 0 Å². The molecule has 3 rings (SSSR count). The van der Waals surface area contributed by atoms with Gasteiger partial charge in [-0.25, -0.2) is 9.97 Å². The molecule has 0 aromatic carbocycles. The molecular weight excluding hydrogens is 430 g/mol. The van der Waals surface area contributed by atoms with Crippen molar-refractivity contribution in [2.75, 3.05) is 36.1 Å². The summed E-state index contributed by atoms with van der Waals surface area (Å²) in [4.78, 5) is 18.3. The number of nitrogens with one attached hydrogen (secondary N) is 2. The van der Waals surface area contributed by atoms with Crippen LogP contribution in [0.15, 0.2) is 6.33 Å². The number of rotatable bonds is 8. The molecule has 2 fully saturated rings. The first-order chi connectivity index (χ1) is 15.7. The number of hydrogen-bond donors (Lipinski definition) is 4. The highest BCUT2D eigenvalue weighted by Crippen LogP contribution is 2.35. The van der Waals surface area contributed by atoms with Gasteiger partial charge in [-0.3, -0.25) is 0 Å². The zero-order valence-electron chi connectivity index (χ0n) is 22.5. The molecule has 0 amide bonds. The van der Waals surface area contributed by atoms with Gasteiger partial charge >= 0.3 is 0 Å². The van der Waals surface area contributed by atoms with Gasteiger partial charge in [-0.2, -0.15) is 4.98 Å². The van der Waals surface area contributed by atoms with E-state index >= 15 is 0 Å². The summed E-state index contributed by atoms with van der Waals surface area (Å²) in [6.45, 7) is 18.8. The zero-order chi connectivity index (χ0) is 25.4. The summed E-state index contributed by atoms with van der Waals surface area (Å²) in [5, 5.41) is 27.2. The molecule has 1 aromatic rings. The quantitative estimate of drug-likeness (QED) is 0.447. The monoisotopic (exact) mass is 477 g/mol. The van der Waals surface area contributed by atoms with Crippen molar-refractivity contribution in [3.05, 3.63) is 6.33 Å². The molecule has 0 aliphatic carbocycles. The SMILES string of the molecule is CC1(C)CC(N(CCO)c2ncnc(N(CCO)C3CC(C)(C)NC(C)(C)C3)n2)CC(C)(C)N1. The Hall–Kier alpha value is -1.55. The number of anilines is 2. The van der Waals surface area contributed by atoms with Crippen LogP contribution in [0.3, 0.4) is 0 Å². The van der Waals surface area contributed by atoms with E-state index in [0.29, 0.717) is 25.0 Å². The van der Waals surface area contributed by atoms with Crippen LogP contribution in [0.4, 0.5) is 11.9 Å². The predicted octanol–water partition coefficient (Wildman–Crippen LogP) is 2.09. The van der Waals surface area contributed by atoms with Gasteiger partial charge in [0.15, 0.2) is 0 Å². The minimum Gasteiger partial charge on any atom is -0.395 e. The Bertz CT molecular complexity index is 732. The highest BCUT2D eigenvalue weighted by molar-refractivity contribution is 5.41. The molecule has 0 atom stereocenters. The Labute approximate surface area is 205 Å². The van der Waals surface area contributed by atoms with E-state index in [1.54, 1.807) is 6.33 Å². The van der Waals surface area contributed by atoms with Crippen LogP contribution in [0, 0.1) is 0 Å². The molecule has 9 heteroatoms. The summed E-state index contributed by atoms with van der Waals surface area (Å²) < 4.78 is 0. The van der Waals surface area contributed by atoms with E-state index in [9.17, 15) is 10.2 Å². The van der Waals surface area contributed by atoms with Crippen LogP contribution < -0.4 is 20.4 Å². The zero-order valence-corrected chi connectivity index (χ0v) is 22.5. The van der Waals surface area contributed by atoms with Crippen molar-refractivity contribution < 1.29 is 10.2 Å². The summed E-state index contributed by atoms with van der Waals surface area (Å²) in [7, 11) is 0. The molecular formula is C25H47N7O2. The summed E-state index contributed by atoms with van der Waals surface area (Å²) in [6.07, 6.45) is 5.27. The van der Waals surface area contributed by atoms with Crippen molar-refractivity contribution >= 4 is 11.9 Å². The number of aliphatic hydroxyl groups is 2. The molecule has 0 bridgehead atoms. The number of aromatic nitrogens is 3. The first-order valence-electron chi connectivity index (χ1n) is 12.7. The van der Waals surface area contributed by atoms with Crippen LogP contribution >= 0.6 is 0 Å². The Morgan fingerprint density at radius 1 is 0.706 bits per heavy atom. The molecule has 34 heavy (non-hydrogen) atoms. The maximum absolute atomic E-state index is 9.89. The Morgan fingerprint density at radius 3 is 1.32 bits per heavy atom. The molecule has 0 spiro atoms. The second-order valence-corrected chi connectivity index (χ2v) is 12.8. The smallest absolute Gasteiger partial charge is 0.230 e. The molecule has 194 valence electrons. The van der Waals surface area contributed by atoms with Crippen molar-refractivity contribution in [3.63, 3.8) is 0 Å². The molecule has 1 aromatic heterocycles. The first kappa shape index (κ1) is 27.0. The number of aliphatic hydroxyl groups excluding tert-OH is 2. The second-order valence-electron chi connectivity index (χ2n) is 12.8. The van der Waals surface area contributed by atoms with Gasteiger partial charge < -0.3 is 30.6 Å². The lowest BCUT2D eigenvalue weighted by Gasteiger charge is -2.50. The van der Waals surface area contributed by atoms with Gasteiger partial charge in [0.1, 0.15) is 6.33 Å². The topological polar surface area (TPSA) is 110 Å². The van der Waals surface area contributed by atoms with Gasteiger partial charge in [-0.1, -0.05) is 0 Å². The summed E-state index contributed by atoms with van der Waals surface area (Å²) in [5.74, 6) is 1.18. The number of hydrogen-bond acceptors (Lipinski definition) is 9. The van der Waals surface area contributed by atoms with E-state index in [2.05, 4.69) is 85.8 Å². The average Bonchev–Trinajstić information content (AvgIpc) is 2.65. The van der Waals surface area contributed by atoms with E-state index in [0.717, 1.165) is 25.7 Å². The third-order valence-corrected chi connectivity index (χ3v) is 6.96. The highest BCUT2D eigenvalue weighted by Gasteiger charge is 2.42. The lowest BCUT2D eigenvalue weighted by Crippen LogP contribution is -2.63. The van der Waals surface area contributed by atoms with Crippen molar-refractivity contribution in [3.8, 4) is 0 Å². The van der Waals surface area contributed by atoms with Crippen molar-refractivity contribution in [1.82, 2.24) is 25.6 Å². The summed E-state index contributed by atoms with van der Waals surface area (Å²) in [6, 6.07) is 0.383. The van der Waals surface area contributed by atoms with E-state index in [1.807, 2.05) is 0 Å². The minimum absolute atomic E-state index is 0.0306. The fourth-order valence-electron chi connectivity index (χ4n) is 6.64. The van der Waals surface area contributed by atoms with Crippen molar-refractivity contribution in [2.45, 2.75) is 115 Å². The molecule has 4 N–H and O–H groups in total. The fraction of sp³-hybridized carbons (Fsp3) is 0.880. The van der Waals surface area contributed by atoms with Crippen molar-refractivity contribution in [2.24, 2.45) is 0 Å². The van der Waals surface area contributed by atoms with Crippen LogP contribution in [0.2, 0.25) is 0 Å². The van der Waals surface area contributed by atoms with E-state index in [1.165, 1.54) is 0 Å². The number of nitrogens with zero attached hydrogens (tertiary/aromatic N) is 5. The molecule has 9 nitrogen and oxygen atoms in total. The standard InChI is InChI=1S/C25H47N7O2/c1-22(2)13-18(14-23(3,4)29-22)31(9-11-33)20-26-17-27-21(28-20)32(10-12-34)19-15-24(5,6)30-25(7,8)16-19/h17-19,29-30,33-34H,9-16H2,1-8H3. The molecule has 2 saturated heterocycles. The van der Waals surface area contributed by atoms with E-state index < -0.39 is 0 Å². The van der Waals surface area contributed by atoms with Crippen LogP contribution in [0.25, 0.3) is 0 Å². The van der Waals surface area contributed by atoms with Crippen LogP contribution in [0.1, 0.15) is 81.1 Å². The van der Waals surface area contributed by atoms with Gasteiger partial charge in [0.05, 0.1) is 13.2 Å². The second kappa shape index (κ2) is 9.84. The minimum atomic E-state index is -0.0365. The Kier molecular flexibility index (Phi) is 7.82. The van der Waals surface area contributed by atoms with Crippen LogP contribution in [0.5, 0.6) is 0 Å². The van der Waals surface area contributed by atoms with E-state index in [4.69, 9.17) is 4.98 Å². The third-order valence-electron chi connectivity index (χ3n) is 6.96. The lowest BCUT2D eigenvalue weighted by molar-refractivity contribution is 0.154.